The lowest BCUT2D eigenvalue weighted by molar-refractivity contribution is -0.140. The molecule has 2 aliphatic rings. The summed E-state index contributed by atoms with van der Waals surface area (Å²) in [6.07, 6.45) is 0.966. The number of carbonyl (C=O) groups is 2. The number of esters is 1. The van der Waals surface area contributed by atoms with Gasteiger partial charge in [-0.25, -0.2) is 9.18 Å². The van der Waals surface area contributed by atoms with E-state index in [9.17, 15) is 9.59 Å². The Labute approximate surface area is 201 Å². The lowest BCUT2D eigenvalue weighted by Crippen LogP contribution is -2.36. The van der Waals surface area contributed by atoms with E-state index in [0.29, 0.717) is 29.7 Å². The Balaban J connectivity index is 1.53. The van der Waals surface area contributed by atoms with E-state index in [1.165, 1.54) is 6.07 Å². The average molecular weight is 474 g/mol. The number of Topliss-reactive ketones (excluding diaryl/α,β-unsaturated/α-hetero) is 1. The van der Waals surface area contributed by atoms with Crippen LogP contribution in [0.15, 0.2) is 94.7 Å². The van der Waals surface area contributed by atoms with Crippen LogP contribution in [0.3, 0.4) is 0 Å². The third-order valence-corrected chi connectivity index (χ3v) is 7.46. The minimum absolute atomic E-state index is 0.0683. The molecule has 2 atom stereocenters. The van der Waals surface area contributed by atoms with E-state index in [0.717, 1.165) is 16.1 Å². The van der Waals surface area contributed by atoms with Crippen LogP contribution < -0.4 is 5.32 Å². The highest BCUT2D eigenvalue weighted by Gasteiger charge is 2.42. The maximum Gasteiger partial charge on any atom is 0.337 e. The zero-order chi connectivity index (χ0) is 23.7. The third kappa shape index (κ3) is 4.21. The number of ether oxygens (including phenoxy) is 1. The van der Waals surface area contributed by atoms with Gasteiger partial charge in [-0.05, 0) is 36.4 Å². The van der Waals surface area contributed by atoms with Gasteiger partial charge in [-0.3, -0.25) is 4.79 Å². The van der Waals surface area contributed by atoms with Gasteiger partial charge in [0.1, 0.15) is 12.4 Å². The largest absolute Gasteiger partial charge is 0.457 e. The Bertz CT molecular complexity index is 1290. The van der Waals surface area contributed by atoms with Gasteiger partial charge in [-0.15, -0.1) is 11.3 Å². The predicted molar refractivity (Wildman–Crippen MR) is 130 cm³/mol. The van der Waals surface area contributed by atoms with Crippen molar-refractivity contribution < 1.29 is 18.7 Å². The van der Waals surface area contributed by atoms with Gasteiger partial charge >= 0.3 is 5.97 Å². The fourth-order valence-electron chi connectivity index (χ4n) is 4.86. The Kier molecular flexibility index (Phi) is 6.16. The molecule has 34 heavy (non-hydrogen) atoms. The zero-order valence-electron chi connectivity index (χ0n) is 18.7. The molecule has 0 spiro atoms. The van der Waals surface area contributed by atoms with Crippen molar-refractivity contribution in [2.75, 3.05) is 0 Å². The summed E-state index contributed by atoms with van der Waals surface area (Å²) in [6, 6.07) is 19.8. The van der Waals surface area contributed by atoms with Crippen LogP contribution in [0.1, 0.15) is 47.6 Å². The second-order valence-electron chi connectivity index (χ2n) is 8.62. The summed E-state index contributed by atoms with van der Waals surface area (Å²) >= 11 is 1.63. The first-order valence-electron chi connectivity index (χ1n) is 11.3. The minimum Gasteiger partial charge on any atom is -0.457 e. The molecule has 0 bridgehead atoms. The Morgan fingerprint density at radius 3 is 2.56 bits per heavy atom. The molecule has 0 radical (unpaired) electrons. The first-order chi connectivity index (χ1) is 16.5. The van der Waals surface area contributed by atoms with Gasteiger partial charge in [0, 0.05) is 39.7 Å². The van der Waals surface area contributed by atoms with E-state index in [2.05, 4.69) is 5.32 Å². The molecule has 0 saturated heterocycles. The van der Waals surface area contributed by atoms with Gasteiger partial charge in [0.05, 0.1) is 11.5 Å². The molecule has 4 nitrogen and oxygen atoms in total. The lowest BCUT2D eigenvalue weighted by atomic mass is 9.72. The van der Waals surface area contributed by atoms with Crippen molar-refractivity contribution in [2.45, 2.75) is 38.2 Å². The summed E-state index contributed by atoms with van der Waals surface area (Å²) in [5, 5.41) is 5.31. The van der Waals surface area contributed by atoms with Crippen molar-refractivity contribution in [3.05, 3.63) is 116 Å². The molecule has 0 saturated carbocycles. The predicted octanol–water partition coefficient (Wildman–Crippen LogP) is 5.99. The summed E-state index contributed by atoms with van der Waals surface area (Å²) in [4.78, 5) is 28.0. The lowest BCUT2D eigenvalue weighted by Gasteiger charge is -2.36. The number of hydrogen-bond acceptors (Lipinski definition) is 5. The van der Waals surface area contributed by atoms with Crippen LogP contribution in [0.2, 0.25) is 0 Å². The second-order valence-corrected chi connectivity index (χ2v) is 9.60. The van der Waals surface area contributed by atoms with E-state index in [-0.39, 0.29) is 23.9 Å². The number of rotatable bonds is 5. The quantitative estimate of drug-likeness (QED) is 0.463. The molecule has 0 fully saturated rings. The van der Waals surface area contributed by atoms with Crippen molar-refractivity contribution in [1.82, 2.24) is 5.32 Å². The van der Waals surface area contributed by atoms with Crippen molar-refractivity contribution in [1.29, 1.82) is 0 Å². The summed E-state index contributed by atoms with van der Waals surface area (Å²) < 4.78 is 20.7. The smallest absolute Gasteiger partial charge is 0.337 e. The van der Waals surface area contributed by atoms with Crippen molar-refractivity contribution in [3.8, 4) is 0 Å². The monoisotopic (exact) mass is 473 g/mol. The molecule has 1 aliphatic heterocycles. The van der Waals surface area contributed by atoms with Gasteiger partial charge < -0.3 is 10.1 Å². The van der Waals surface area contributed by atoms with Crippen LogP contribution in [0.4, 0.5) is 4.39 Å². The zero-order valence-corrected chi connectivity index (χ0v) is 19.5. The van der Waals surface area contributed by atoms with Crippen LogP contribution in [0, 0.1) is 5.82 Å². The Morgan fingerprint density at radius 2 is 1.82 bits per heavy atom. The first kappa shape index (κ1) is 22.3. The molecule has 6 heteroatoms. The highest BCUT2D eigenvalue weighted by Crippen LogP contribution is 2.46. The van der Waals surface area contributed by atoms with Crippen LogP contribution in [-0.4, -0.2) is 11.8 Å². The van der Waals surface area contributed by atoms with Crippen molar-refractivity contribution in [3.63, 3.8) is 0 Å². The molecule has 172 valence electrons. The summed E-state index contributed by atoms with van der Waals surface area (Å²) in [5.74, 6) is -1.81. The average Bonchev–Trinajstić information content (AvgIpc) is 3.38. The van der Waals surface area contributed by atoms with Crippen LogP contribution in [0.5, 0.6) is 0 Å². The molecular weight excluding hydrogens is 449 g/mol. The first-order valence-corrected chi connectivity index (χ1v) is 12.1. The molecule has 3 aromatic rings. The van der Waals surface area contributed by atoms with Crippen molar-refractivity contribution >= 4 is 23.1 Å². The highest BCUT2D eigenvalue weighted by molar-refractivity contribution is 7.10. The van der Waals surface area contributed by atoms with E-state index in [1.54, 1.807) is 36.5 Å². The molecule has 2 aromatic carbocycles. The number of carbonyl (C=O) groups excluding carboxylic acids is 2. The van der Waals surface area contributed by atoms with E-state index in [4.69, 9.17) is 4.74 Å². The third-order valence-electron chi connectivity index (χ3n) is 6.42. The van der Waals surface area contributed by atoms with Gasteiger partial charge in [0.25, 0.3) is 0 Å². The maximum absolute atomic E-state index is 15.0. The van der Waals surface area contributed by atoms with Crippen molar-refractivity contribution in [2.24, 2.45) is 0 Å². The number of halogens is 1. The number of hydrogen-bond donors (Lipinski definition) is 1. The van der Waals surface area contributed by atoms with E-state index in [1.807, 2.05) is 47.8 Å². The SMILES string of the molecule is CC1=C(C(=O)OCc2ccccc2)[C@@H](c2ccccc2F)C2=C(C[C@@H](c3cccs3)CC2=O)N1. The topological polar surface area (TPSA) is 55.4 Å². The number of thiophene rings is 1. The molecule has 2 heterocycles. The maximum atomic E-state index is 15.0. The fraction of sp³-hybridized carbons (Fsp3) is 0.214. The normalized spacial score (nSPS) is 20.1. The molecule has 1 aliphatic carbocycles. The summed E-state index contributed by atoms with van der Waals surface area (Å²) in [5.41, 5.74) is 3.26. The number of nitrogens with one attached hydrogen (secondary N) is 1. The molecule has 1 aromatic heterocycles. The molecule has 1 N–H and O–H groups in total. The van der Waals surface area contributed by atoms with Gasteiger partial charge in [-0.1, -0.05) is 54.6 Å². The standard InChI is InChI=1S/C28H24FNO3S/c1-17-25(28(32)33-16-18-8-3-2-4-9-18)26(20-10-5-6-11-21(20)29)27-22(30-17)14-19(15-23(27)31)24-12-7-13-34-24/h2-13,19,26,30H,14-16H2,1H3/t19-,26-/m1/s1. The number of ketones is 1. The highest BCUT2D eigenvalue weighted by atomic mass is 32.1. The molecule has 5 rings (SSSR count). The molecular formula is C28H24FNO3S. The summed E-state index contributed by atoms with van der Waals surface area (Å²) in [6.45, 7) is 1.89. The molecule has 0 unspecified atom stereocenters. The van der Waals surface area contributed by atoms with Gasteiger partial charge in [0.2, 0.25) is 0 Å². The minimum atomic E-state index is -0.808. The van der Waals surface area contributed by atoms with E-state index < -0.39 is 17.7 Å². The fourth-order valence-corrected chi connectivity index (χ4v) is 5.69. The van der Waals surface area contributed by atoms with Crippen LogP contribution >= 0.6 is 11.3 Å². The van der Waals surface area contributed by atoms with Gasteiger partial charge in [-0.2, -0.15) is 0 Å². The Morgan fingerprint density at radius 1 is 1.06 bits per heavy atom. The van der Waals surface area contributed by atoms with E-state index >= 15 is 4.39 Å². The van der Waals surface area contributed by atoms with Gasteiger partial charge in [0.15, 0.2) is 5.78 Å². The number of benzene rings is 2. The van der Waals surface area contributed by atoms with Crippen LogP contribution in [0.25, 0.3) is 0 Å². The summed E-state index contributed by atoms with van der Waals surface area (Å²) in [7, 11) is 0. The molecule has 0 amide bonds. The van der Waals surface area contributed by atoms with Crippen LogP contribution in [-0.2, 0) is 20.9 Å². The number of allylic oxidation sites excluding steroid dienone is 3. The number of dihydropyridines is 1. The second kappa shape index (κ2) is 9.39. The Hall–Kier alpha value is -3.51.